The first-order valence-corrected chi connectivity index (χ1v) is 7.73. The molecular formula is C15H31ClN2O2. The van der Waals surface area contributed by atoms with Crippen molar-refractivity contribution in [3.63, 3.8) is 0 Å². The Hall–Kier alpha value is -0.320. The van der Waals surface area contributed by atoms with Gasteiger partial charge in [0.05, 0.1) is 6.61 Å². The maximum Gasteiger partial charge on any atom is 0.220 e. The summed E-state index contributed by atoms with van der Waals surface area (Å²) in [5.41, 5.74) is 0. The molecule has 0 aromatic carbocycles. The monoisotopic (exact) mass is 306 g/mol. The van der Waals surface area contributed by atoms with E-state index in [0.29, 0.717) is 25.5 Å². The van der Waals surface area contributed by atoms with E-state index in [9.17, 15) is 4.79 Å². The highest BCUT2D eigenvalue weighted by atomic mass is 35.5. The molecule has 20 heavy (non-hydrogen) atoms. The Morgan fingerprint density at radius 2 is 2.00 bits per heavy atom. The van der Waals surface area contributed by atoms with Gasteiger partial charge >= 0.3 is 0 Å². The fraction of sp³-hybridized carbons (Fsp3) is 0.933. The van der Waals surface area contributed by atoms with Crippen LogP contribution in [0.5, 0.6) is 0 Å². The smallest absolute Gasteiger partial charge is 0.220 e. The summed E-state index contributed by atoms with van der Waals surface area (Å²) in [4.78, 5) is 11.6. The predicted molar refractivity (Wildman–Crippen MR) is 85.4 cm³/mol. The Bertz CT molecular complexity index is 244. The highest BCUT2D eigenvalue weighted by Crippen LogP contribution is 2.17. The summed E-state index contributed by atoms with van der Waals surface area (Å²) >= 11 is 0. The van der Waals surface area contributed by atoms with Crippen molar-refractivity contribution >= 4 is 18.3 Å². The Labute approximate surface area is 129 Å². The van der Waals surface area contributed by atoms with Gasteiger partial charge in [0.25, 0.3) is 0 Å². The number of hydrogen-bond donors (Lipinski definition) is 2. The van der Waals surface area contributed by atoms with Crippen LogP contribution in [0.1, 0.15) is 46.0 Å². The lowest BCUT2D eigenvalue weighted by Crippen LogP contribution is -2.30. The number of carbonyl (C=O) groups is 1. The molecule has 1 aliphatic heterocycles. The van der Waals surface area contributed by atoms with Gasteiger partial charge in [-0.3, -0.25) is 4.79 Å². The Balaban J connectivity index is 0.00000361. The summed E-state index contributed by atoms with van der Waals surface area (Å²) in [6.07, 6.45) is 5.21. The molecule has 120 valence electrons. The average molecular weight is 307 g/mol. The van der Waals surface area contributed by atoms with E-state index in [2.05, 4.69) is 24.5 Å². The summed E-state index contributed by atoms with van der Waals surface area (Å²) < 4.78 is 5.47. The van der Waals surface area contributed by atoms with Crippen molar-refractivity contribution in [2.45, 2.75) is 46.0 Å². The number of piperidine rings is 1. The fourth-order valence-corrected chi connectivity index (χ4v) is 2.28. The molecule has 1 amide bonds. The summed E-state index contributed by atoms with van der Waals surface area (Å²) in [5, 5.41) is 6.28. The van der Waals surface area contributed by atoms with Crippen molar-refractivity contribution < 1.29 is 9.53 Å². The molecule has 0 aromatic heterocycles. The molecule has 0 bridgehead atoms. The van der Waals surface area contributed by atoms with Crippen LogP contribution in [-0.2, 0) is 9.53 Å². The van der Waals surface area contributed by atoms with Crippen LogP contribution in [0.4, 0.5) is 0 Å². The summed E-state index contributed by atoms with van der Waals surface area (Å²) in [6, 6.07) is 0. The third kappa shape index (κ3) is 10.5. The lowest BCUT2D eigenvalue weighted by molar-refractivity contribution is -0.121. The molecule has 0 aromatic rings. The molecule has 0 saturated carbocycles. The van der Waals surface area contributed by atoms with Crippen LogP contribution in [0.3, 0.4) is 0 Å². The number of hydrogen-bond acceptors (Lipinski definition) is 3. The second-order valence-electron chi connectivity index (χ2n) is 5.88. The number of nitrogens with one attached hydrogen (secondary N) is 2. The SMILES string of the molecule is CC(C)CCOCCNC(=O)CCC1CCNCC1.Cl. The fourth-order valence-electron chi connectivity index (χ4n) is 2.28. The Morgan fingerprint density at radius 1 is 1.30 bits per heavy atom. The van der Waals surface area contributed by atoms with E-state index in [1.165, 1.54) is 12.8 Å². The second kappa shape index (κ2) is 12.4. The van der Waals surface area contributed by atoms with Crippen LogP contribution in [0.25, 0.3) is 0 Å². The molecule has 4 nitrogen and oxygen atoms in total. The molecule has 1 heterocycles. The zero-order chi connectivity index (χ0) is 13.9. The van der Waals surface area contributed by atoms with E-state index >= 15 is 0 Å². The van der Waals surface area contributed by atoms with Gasteiger partial charge in [0.1, 0.15) is 0 Å². The first kappa shape index (κ1) is 19.7. The van der Waals surface area contributed by atoms with Crippen molar-refractivity contribution in [2.24, 2.45) is 11.8 Å². The number of rotatable bonds is 9. The molecule has 1 fully saturated rings. The van der Waals surface area contributed by atoms with Crippen LogP contribution < -0.4 is 10.6 Å². The molecule has 1 aliphatic rings. The molecule has 0 atom stereocenters. The van der Waals surface area contributed by atoms with Gasteiger partial charge < -0.3 is 15.4 Å². The zero-order valence-corrected chi connectivity index (χ0v) is 13.8. The number of halogens is 1. The Morgan fingerprint density at radius 3 is 2.65 bits per heavy atom. The van der Waals surface area contributed by atoms with Gasteiger partial charge in [0.15, 0.2) is 0 Å². The van der Waals surface area contributed by atoms with Crippen molar-refractivity contribution in [3.8, 4) is 0 Å². The van der Waals surface area contributed by atoms with E-state index in [4.69, 9.17) is 4.74 Å². The second-order valence-corrected chi connectivity index (χ2v) is 5.88. The maximum absolute atomic E-state index is 11.6. The molecule has 2 N–H and O–H groups in total. The number of amides is 1. The molecule has 1 saturated heterocycles. The minimum absolute atomic E-state index is 0. The molecule has 0 aliphatic carbocycles. The summed E-state index contributed by atoms with van der Waals surface area (Å²) in [7, 11) is 0. The van der Waals surface area contributed by atoms with Crippen LogP contribution in [-0.4, -0.2) is 38.8 Å². The highest BCUT2D eigenvalue weighted by molar-refractivity contribution is 5.85. The van der Waals surface area contributed by atoms with E-state index in [0.717, 1.165) is 38.5 Å². The average Bonchev–Trinajstić information content (AvgIpc) is 2.41. The van der Waals surface area contributed by atoms with Crippen molar-refractivity contribution in [1.82, 2.24) is 10.6 Å². The minimum Gasteiger partial charge on any atom is -0.380 e. The third-order valence-electron chi connectivity index (χ3n) is 3.65. The van der Waals surface area contributed by atoms with Gasteiger partial charge in [-0.15, -0.1) is 12.4 Å². The van der Waals surface area contributed by atoms with Gasteiger partial charge in [0.2, 0.25) is 5.91 Å². The van der Waals surface area contributed by atoms with Crippen LogP contribution in [0.2, 0.25) is 0 Å². The van der Waals surface area contributed by atoms with Gasteiger partial charge in [-0.05, 0) is 50.6 Å². The first-order valence-electron chi connectivity index (χ1n) is 7.73. The lowest BCUT2D eigenvalue weighted by Gasteiger charge is -2.22. The number of ether oxygens (including phenoxy) is 1. The van der Waals surface area contributed by atoms with Crippen LogP contribution in [0, 0.1) is 11.8 Å². The van der Waals surface area contributed by atoms with E-state index in [-0.39, 0.29) is 18.3 Å². The molecular weight excluding hydrogens is 276 g/mol. The van der Waals surface area contributed by atoms with Crippen molar-refractivity contribution in [2.75, 3.05) is 32.8 Å². The van der Waals surface area contributed by atoms with Crippen LogP contribution in [0.15, 0.2) is 0 Å². The predicted octanol–water partition coefficient (Wildman–Crippen LogP) is 2.37. The van der Waals surface area contributed by atoms with Gasteiger partial charge in [0, 0.05) is 19.6 Å². The first-order chi connectivity index (χ1) is 9.18. The molecule has 5 heteroatoms. The standard InChI is InChI=1S/C15H30N2O2.ClH/c1-13(2)7-11-19-12-10-17-15(18)4-3-14-5-8-16-9-6-14;/h13-14,16H,3-12H2,1-2H3,(H,17,18);1H. The largest absolute Gasteiger partial charge is 0.380 e. The van der Waals surface area contributed by atoms with E-state index in [1.54, 1.807) is 0 Å². The van der Waals surface area contributed by atoms with Gasteiger partial charge in [-0.1, -0.05) is 13.8 Å². The molecule has 0 radical (unpaired) electrons. The van der Waals surface area contributed by atoms with Crippen LogP contribution >= 0.6 is 12.4 Å². The normalized spacial score (nSPS) is 15.9. The molecule has 1 rings (SSSR count). The summed E-state index contributed by atoms with van der Waals surface area (Å²) in [6.45, 7) is 8.65. The van der Waals surface area contributed by atoms with E-state index in [1.807, 2.05) is 0 Å². The third-order valence-corrected chi connectivity index (χ3v) is 3.65. The zero-order valence-electron chi connectivity index (χ0n) is 13.0. The molecule has 0 unspecified atom stereocenters. The topological polar surface area (TPSA) is 50.4 Å². The minimum atomic E-state index is 0. The molecule has 0 spiro atoms. The highest BCUT2D eigenvalue weighted by Gasteiger charge is 2.14. The Kier molecular flexibility index (Phi) is 12.2. The van der Waals surface area contributed by atoms with Crippen molar-refractivity contribution in [1.29, 1.82) is 0 Å². The van der Waals surface area contributed by atoms with Gasteiger partial charge in [-0.2, -0.15) is 0 Å². The quantitative estimate of drug-likeness (QED) is 0.643. The number of carbonyl (C=O) groups excluding carboxylic acids is 1. The van der Waals surface area contributed by atoms with Gasteiger partial charge in [-0.25, -0.2) is 0 Å². The van der Waals surface area contributed by atoms with E-state index < -0.39 is 0 Å². The maximum atomic E-state index is 11.6. The summed E-state index contributed by atoms with van der Waals surface area (Å²) in [5.74, 6) is 1.58. The van der Waals surface area contributed by atoms with Crippen molar-refractivity contribution in [3.05, 3.63) is 0 Å². The lowest BCUT2D eigenvalue weighted by atomic mass is 9.93.